The minimum absolute atomic E-state index is 0.0854. The molecule has 1 aromatic rings. The highest BCUT2D eigenvalue weighted by Crippen LogP contribution is 2.16. The van der Waals surface area contributed by atoms with Crippen molar-refractivity contribution in [1.29, 1.82) is 0 Å². The zero-order chi connectivity index (χ0) is 12.1. The zero-order valence-electron chi connectivity index (χ0n) is 8.74. The molecule has 88 valence electrons. The second-order valence-corrected chi connectivity index (χ2v) is 4.12. The minimum atomic E-state index is -1.32. The summed E-state index contributed by atoms with van der Waals surface area (Å²) < 4.78 is 18.6. The van der Waals surface area contributed by atoms with Crippen molar-refractivity contribution in [2.45, 2.75) is 19.4 Å². The number of hydrogen-bond acceptors (Lipinski definition) is 3. The lowest BCUT2D eigenvalue weighted by Crippen LogP contribution is -2.25. The number of aliphatic hydroxyl groups excluding tert-OH is 1. The standard InChI is InChI=1S/C11H12BrFO3/c1-2-16-11(15)10(14)5-7-3-4-8(12)6-9(7)13/h3-4,6,10,14H,2,5H2,1H3. The molecule has 1 aromatic carbocycles. The first-order chi connectivity index (χ1) is 7.54. The normalized spacial score (nSPS) is 12.2. The number of benzene rings is 1. The number of carbonyl (C=O) groups is 1. The van der Waals surface area contributed by atoms with Gasteiger partial charge in [-0.05, 0) is 24.6 Å². The molecule has 5 heteroatoms. The third-order valence-corrected chi connectivity index (χ3v) is 2.48. The maximum absolute atomic E-state index is 13.4. The summed E-state index contributed by atoms with van der Waals surface area (Å²) in [6.45, 7) is 1.84. The van der Waals surface area contributed by atoms with Crippen LogP contribution in [0.15, 0.2) is 22.7 Å². The molecule has 0 heterocycles. The molecule has 1 atom stereocenters. The van der Waals surface area contributed by atoms with Crippen molar-refractivity contribution in [1.82, 2.24) is 0 Å². The first kappa shape index (κ1) is 13.1. The molecule has 0 aliphatic carbocycles. The van der Waals surface area contributed by atoms with E-state index in [1.165, 1.54) is 12.1 Å². The van der Waals surface area contributed by atoms with Crippen LogP contribution >= 0.6 is 15.9 Å². The molecule has 0 fully saturated rings. The topological polar surface area (TPSA) is 46.5 Å². The summed E-state index contributed by atoms with van der Waals surface area (Å²) in [4.78, 5) is 11.1. The molecule has 0 saturated heterocycles. The molecule has 0 radical (unpaired) electrons. The molecule has 1 N–H and O–H groups in total. The first-order valence-corrected chi connectivity index (χ1v) is 5.62. The first-order valence-electron chi connectivity index (χ1n) is 4.83. The number of halogens is 2. The Morgan fingerprint density at radius 2 is 2.31 bits per heavy atom. The Balaban J connectivity index is 2.69. The van der Waals surface area contributed by atoms with E-state index in [0.717, 1.165) is 0 Å². The Labute approximate surface area is 101 Å². The van der Waals surface area contributed by atoms with E-state index < -0.39 is 17.9 Å². The van der Waals surface area contributed by atoms with Gasteiger partial charge in [0.25, 0.3) is 0 Å². The number of hydrogen-bond donors (Lipinski definition) is 1. The molecule has 0 aromatic heterocycles. The fourth-order valence-corrected chi connectivity index (χ4v) is 1.55. The molecule has 0 bridgehead atoms. The van der Waals surface area contributed by atoms with Gasteiger partial charge in [0.05, 0.1) is 6.61 Å². The lowest BCUT2D eigenvalue weighted by molar-refractivity contribution is -0.152. The van der Waals surface area contributed by atoms with E-state index in [9.17, 15) is 14.3 Å². The highest BCUT2D eigenvalue weighted by Gasteiger charge is 2.18. The van der Waals surface area contributed by atoms with Crippen LogP contribution in [0.1, 0.15) is 12.5 Å². The van der Waals surface area contributed by atoms with E-state index in [2.05, 4.69) is 20.7 Å². The molecule has 1 unspecified atom stereocenters. The Bertz CT molecular complexity index is 381. The molecule has 0 saturated carbocycles. The summed E-state index contributed by atoms with van der Waals surface area (Å²) in [7, 11) is 0. The molecule has 16 heavy (non-hydrogen) atoms. The summed E-state index contributed by atoms with van der Waals surface area (Å²) >= 11 is 3.12. The van der Waals surface area contributed by atoms with E-state index in [0.29, 0.717) is 4.47 Å². The van der Waals surface area contributed by atoms with Crippen molar-refractivity contribution in [2.24, 2.45) is 0 Å². The van der Waals surface area contributed by atoms with Crippen LogP contribution in [0.25, 0.3) is 0 Å². The number of carbonyl (C=O) groups excluding carboxylic acids is 1. The van der Waals surface area contributed by atoms with Crippen molar-refractivity contribution < 1.29 is 19.0 Å². The van der Waals surface area contributed by atoms with Gasteiger partial charge in [0, 0.05) is 10.9 Å². The summed E-state index contributed by atoms with van der Waals surface area (Å²) in [5.41, 5.74) is 0.281. The van der Waals surface area contributed by atoms with Gasteiger partial charge >= 0.3 is 5.97 Å². The van der Waals surface area contributed by atoms with Crippen molar-refractivity contribution in [3.63, 3.8) is 0 Å². The van der Waals surface area contributed by atoms with Gasteiger partial charge in [0.15, 0.2) is 6.10 Å². The van der Waals surface area contributed by atoms with Crippen LogP contribution in [0.5, 0.6) is 0 Å². The van der Waals surface area contributed by atoms with Crippen molar-refractivity contribution in [2.75, 3.05) is 6.61 Å². The monoisotopic (exact) mass is 290 g/mol. The lowest BCUT2D eigenvalue weighted by atomic mass is 10.1. The van der Waals surface area contributed by atoms with Gasteiger partial charge in [0.2, 0.25) is 0 Å². The van der Waals surface area contributed by atoms with Gasteiger partial charge in [-0.15, -0.1) is 0 Å². The third-order valence-electron chi connectivity index (χ3n) is 1.99. The maximum Gasteiger partial charge on any atom is 0.335 e. The molecule has 0 amide bonds. The predicted molar refractivity (Wildman–Crippen MR) is 60.4 cm³/mol. The molecular weight excluding hydrogens is 279 g/mol. The van der Waals surface area contributed by atoms with Gasteiger partial charge in [-0.2, -0.15) is 0 Å². The van der Waals surface area contributed by atoms with Crippen molar-refractivity contribution in [3.8, 4) is 0 Å². The van der Waals surface area contributed by atoms with Gasteiger partial charge in [0.1, 0.15) is 5.82 Å². The predicted octanol–water partition coefficient (Wildman–Crippen LogP) is 2.05. The number of ether oxygens (including phenoxy) is 1. The lowest BCUT2D eigenvalue weighted by Gasteiger charge is -2.10. The van der Waals surface area contributed by atoms with Crippen LogP contribution in [0, 0.1) is 5.82 Å². The van der Waals surface area contributed by atoms with Gasteiger partial charge in [-0.25, -0.2) is 9.18 Å². The van der Waals surface area contributed by atoms with Crippen LogP contribution in [0.3, 0.4) is 0 Å². The van der Waals surface area contributed by atoms with E-state index in [4.69, 9.17) is 0 Å². The average Bonchev–Trinajstić information content (AvgIpc) is 2.22. The van der Waals surface area contributed by atoms with E-state index in [1.807, 2.05) is 0 Å². The Morgan fingerprint density at radius 1 is 1.62 bits per heavy atom. The summed E-state index contributed by atoms with van der Waals surface area (Å²) in [5.74, 6) is -1.19. The molecular formula is C11H12BrFO3. The molecule has 0 spiro atoms. The quantitative estimate of drug-likeness (QED) is 0.864. The fraction of sp³-hybridized carbons (Fsp3) is 0.364. The third kappa shape index (κ3) is 3.57. The van der Waals surface area contributed by atoms with Crippen LogP contribution in [-0.2, 0) is 16.0 Å². The second-order valence-electron chi connectivity index (χ2n) is 3.21. The summed E-state index contributed by atoms with van der Waals surface area (Å²) in [6, 6.07) is 4.45. The smallest absolute Gasteiger partial charge is 0.335 e. The maximum atomic E-state index is 13.4. The SMILES string of the molecule is CCOC(=O)C(O)Cc1ccc(Br)cc1F. The van der Waals surface area contributed by atoms with Gasteiger partial charge in [-0.1, -0.05) is 22.0 Å². The Morgan fingerprint density at radius 3 is 2.88 bits per heavy atom. The number of rotatable bonds is 4. The van der Waals surface area contributed by atoms with Crippen molar-refractivity contribution >= 4 is 21.9 Å². The van der Waals surface area contributed by atoms with E-state index >= 15 is 0 Å². The Hall–Kier alpha value is -0.940. The fourth-order valence-electron chi connectivity index (χ4n) is 1.22. The van der Waals surface area contributed by atoms with Gasteiger partial charge < -0.3 is 9.84 Å². The second kappa shape index (κ2) is 5.96. The largest absolute Gasteiger partial charge is 0.464 e. The number of esters is 1. The number of aliphatic hydroxyl groups is 1. The van der Waals surface area contributed by atoms with Crippen LogP contribution in [-0.4, -0.2) is 23.8 Å². The van der Waals surface area contributed by atoms with Crippen LogP contribution in [0.4, 0.5) is 4.39 Å². The molecule has 3 nitrogen and oxygen atoms in total. The van der Waals surface area contributed by atoms with Gasteiger partial charge in [-0.3, -0.25) is 0 Å². The highest BCUT2D eigenvalue weighted by molar-refractivity contribution is 9.10. The average molecular weight is 291 g/mol. The van der Waals surface area contributed by atoms with Crippen molar-refractivity contribution in [3.05, 3.63) is 34.1 Å². The van der Waals surface area contributed by atoms with Crippen LogP contribution in [0.2, 0.25) is 0 Å². The summed E-state index contributed by atoms with van der Waals surface area (Å²) in [5, 5.41) is 9.44. The van der Waals surface area contributed by atoms with E-state index in [-0.39, 0.29) is 18.6 Å². The summed E-state index contributed by atoms with van der Waals surface area (Å²) in [6.07, 6.45) is -1.41. The highest BCUT2D eigenvalue weighted by atomic mass is 79.9. The molecule has 0 aliphatic rings. The van der Waals surface area contributed by atoms with E-state index in [1.54, 1.807) is 13.0 Å². The minimum Gasteiger partial charge on any atom is -0.464 e. The molecule has 0 aliphatic heterocycles. The zero-order valence-corrected chi connectivity index (χ0v) is 10.3. The molecule has 1 rings (SSSR count). The Kier molecular flexibility index (Phi) is 4.89. The van der Waals surface area contributed by atoms with Crippen LogP contribution < -0.4 is 0 Å².